The summed E-state index contributed by atoms with van der Waals surface area (Å²) in [7, 11) is 1.62. The number of carbonyl (C=O) groups is 2. The first-order valence-corrected chi connectivity index (χ1v) is 8.23. The van der Waals surface area contributed by atoms with Gasteiger partial charge in [0.2, 0.25) is 0 Å². The Kier molecular flexibility index (Phi) is 6.35. The number of pyridine rings is 1. The summed E-state index contributed by atoms with van der Waals surface area (Å²) in [6, 6.07) is 2.85. The summed E-state index contributed by atoms with van der Waals surface area (Å²) >= 11 is 0. The first kappa shape index (κ1) is 19.9. The molecule has 1 N–H and O–H groups in total. The van der Waals surface area contributed by atoms with Crippen LogP contribution in [0.15, 0.2) is 23.1 Å². The molecular weight excluding hydrogens is 308 g/mol. The summed E-state index contributed by atoms with van der Waals surface area (Å²) < 4.78 is 6.90. The fourth-order valence-corrected chi connectivity index (χ4v) is 2.29. The second-order valence-electron chi connectivity index (χ2n) is 7.04. The molecule has 1 amide bonds. The normalized spacial score (nSPS) is 11.9. The highest BCUT2D eigenvalue weighted by Crippen LogP contribution is 2.29. The van der Waals surface area contributed by atoms with Gasteiger partial charge in [-0.3, -0.25) is 14.4 Å². The van der Waals surface area contributed by atoms with Crippen molar-refractivity contribution in [3.63, 3.8) is 0 Å². The first-order valence-electron chi connectivity index (χ1n) is 8.23. The van der Waals surface area contributed by atoms with E-state index in [0.29, 0.717) is 12.8 Å². The van der Waals surface area contributed by atoms with E-state index < -0.39 is 11.0 Å². The Labute approximate surface area is 143 Å². The van der Waals surface area contributed by atoms with Gasteiger partial charge in [0.05, 0.1) is 5.41 Å². The Morgan fingerprint density at radius 3 is 2.25 bits per heavy atom. The topological polar surface area (TPSA) is 77.4 Å². The minimum Gasteiger partial charge on any atom is -0.459 e. The van der Waals surface area contributed by atoms with Crippen molar-refractivity contribution in [3.05, 3.63) is 34.2 Å². The number of nitrogens with one attached hydrogen (secondary N) is 1. The Morgan fingerprint density at radius 2 is 1.79 bits per heavy atom. The van der Waals surface area contributed by atoms with Crippen LogP contribution < -0.4 is 10.9 Å². The minimum absolute atomic E-state index is 0.170. The number of ether oxygens (including phenoxy) is 1. The van der Waals surface area contributed by atoms with Crippen molar-refractivity contribution in [1.29, 1.82) is 0 Å². The van der Waals surface area contributed by atoms with Crippen molar-refractivity contribution < 1.29 is 14.3 Å². The van der Waals surface area contributed by atoms with E-state index in [2.05, 4.69) is 5.32 Å². The quantitative estimate of drug-likeness (QED) is 0.808. The largest absolute Gasteiger partial charge is 0.459 e. The molecule has 0 aliphatic rings. The van der Waals surface area contributed by atoms with E-state index in [1.54, 1.807) is 13.1 Å². The van der Waals surface area contributed by atoms with Crippen LogP contribution in [-0.2, 0) is 16.6 Å². The van der Waals surface area contributed by atoms with Gasteiger partial charge in [-0.15, -0.1) is 0 Å². The SMILES string of the molecule is CCC(CC)(CNC(=O)c1ccn(C)c(=O)c1)C(=O)OC(C)(C)C. The van der Waals surface area contributed by atoms with Crippen molar-refractivity contribution in [2.45, 2.75) is 53.1 Å². The maximum atomic E-state index is 12.6. The van der Waals surface area contributed by atoms with Crippen LogP contribution in [0.25, 0.3) is 0 Å². The van der Waals surface area contributed by atoms with Crippen LogP contribution in [0, 0.1) is 5.41 Å². The molecule has 0 unspecified atom stereocenters. The lowest BCUT2D eigenvalue weighted by Crippen LogP contribution is -2.45. The number of esters is 1. The Bertz CT molecular complexity index is 652. The van der Waals surface area contributed by atoms with Gasteiger partial charge in [-0.05, 0) is 39.7 Å². The molecule has 1 rings (SSSR count). The Balaban J connectivity index is 2.89. The lowest BCUT2D eigenvalue weighted by molar-refractivity contribution is -0.167. The van der Waals surface area contributed by atoms with Crippen molar-refractivity contribution >= 4 is 11.9 Å². The van der Waals surface area contributed by atoms with Crippen LogP contribution in [0.5, 0.6) is 0 Å². The van der Waals surface area contributed by atoms with Gasteiger partial charge in [-0.2, -0.15) is 0 Å². The van der Waals surface area contributed by atoms with Gasteiger partial charge in [0.25, 0.3) is 11.5 Å². The molecule has 0 aliphatic heterocycles. The Hall–Kier alpha value is -2.11. The molecule has 0 radical (unpaired) electrons. The van der Waals surface area contributed by atoms with E-state index in [4.69, 9.17) is 4.74 Å². The van der Waals surface area contributed by atoms with E-state index >= 15 is 0 Å². The molecule has 0 bridgehead atoms. The second kappa shape index (κ2) is 7.64. The zero-order valence-corrected chi connectivity index (χ0v) is 15.4. The van der Waals surface area contributed by atoms with Crippen LogP contribution in [0.2, 0.25) is 0 Å². The van der Waals surface area contributed by atoms with Gasteiger partial charge < -0.3 is 14.6 Å². The van der Waals surface area contributed by atoms with Crippen molar-refractivity contribution in [1.82, 2.24) is 9.88 Å². The number of hydrogen-bond acceptors (Lipinski definition) is 4. The molecular formula is C18H28N2O4. The lowest BCUT2D eigenvalue weighted by Gasteiger charge is -2.33. The molecule has 6 heteroatoms. The molecule has 1 aromatic rings. The number of rotatable bonds is 6. The third kappa shape index (κ3) is 4.94. The second-order valence-corrected chi connectivity index (χ2v) is 7.04. The summed E-state index contributed by atoms with van der Waals surface area (Å²) in [5, 5.41) is 2.77. The molecule has 1 aromatic heterocycles. The summed E-state index contributed by atoms with van der Waals surface area (Å²) in [5.74, 6) is -0.688. The van der Waals surface area contributed by atoms with E-state index in [9.17, 15) is 14.4 Å². The molecule has 0 aliphatic carbocycles. The molecule has 0 aromatic carbocycles. The number of aromatic nitrogens is 1. The van der Waals surface area contributed by atoms with Gasteiger partial charge in [0, 0.05) is 31.4 Å². The summed E-state index contributed by atoms with van der Waals surface area (Å²) in [4.78, 5) is 36.5. The molecule has 0 saturated carbocycles. The van der Waals surface area contributed by atoms with Crippen LogP contribution in [0.1, 0.15) is 57.8 Å². The molecule has 6 nitrogen and oxygen atoms in total. The number of amides is 1. The summed E-state index contributed by atoms with van der Waals surface area (Å²) in [6.45, 7) is 9.43. The van der Waals surface area contributed by atoms with Crippen molar-refractivity contribution in [2.24, 2.45) is 12.5 Å². The minimum atomic E-state index is -0.775. The van der Waals surface area contributed by atoms with Gasteiger partial charge in [-0.1, -0.05) is 13.8 Å². The number of nitrogens with zero attached hydrogens (tertiary/aromatic N) is 1. The van der Waals surface area contributed by atoms with E-state index in [1.807, 2.05) is 34.6 Å². The van der Waals surface area contributed by atoms with Gasteiger partial charge >= 0.3 is 5.97 Å². The van der Waals surface area contributed by atoms with E-state index in [1.165, 1.54) is 16.8 Å². The Morgan fingerprint density at radius 1 is 1.21 bits per heavy atom. The fraction of sp³-hybridized carbons (Fsp3) is 0.611. The predicted molar refractivity (Wildman–Crippen MR) is 92.9 cm³/mol. The highest BCUT2D eigenvalue weighted by molar-refractivity contribution is 5.94. The fourth-order valence-electron chi connectivity index (χ4n) is 2.29. The lowest BCUT2D eigenvalue weighted by atomic mass is 9.82. The smallest absolute Gasteiger partial charge is 0.314 e. The monoisotopic (exact) mass is 336 g/mol. The maximum absolute atomic E-state index is 12.6. The zero-order chi connectivity index (χ0) is 18.5. The van der Waals surface area contributed by atoms with Crippen molar-refractivity contribution in [2.75, 3.05) is 6.54 Å². The third-order valence-corrected chi connectivity index (χ3v) is 4.14. The van der Waals surface area contributed by atoms with Gasteiger partial charge in [-0.25, -0.2) is 0 Å². The number of carbonyl (C=O) groups excluding carboxylic acids is 2. The highest BCUT2D eigenvalue weighted by atomic mass is 16.6. The maximum Gasteiger partial charge on any atom is 0.314 e. The van der Waals surface area contributed by atoms with Crippen LogP contribution >= 0.6 is 0 Å². The molecule has 0 atom stereocenters. The predicted octanol–water partition coefficient (Wildman–Crippen LogP) is 2.26. The van der Waals surface area contributed by atoms with Gasteiger partial charge in [0.15, 0.2) is 0 Å². The summed E-state index contributed by atoms with van der Waals surface area (Å²) in [5.41, 5.74) is -1.33. The average molecular weight is 336 g/mol. The molecule has 134 valence electrons. The molecule has 0 saturated heterocycles. The standard InChI is InChI=1S/C18H28N2O4/c1-7-18(8-2,16(23)24-17(3,4)5)12-19-15(22)13-9-10-20(6)14(21)11-13/h9-11H,7-8,12H2,1-6H3,(H,19,22). The zero-order valence-electron chi connectivity index (χ0n) is 15.4. The highest BCUT2D eigenvalue weighted by Gasteiger charge is 2.39. The van der Waals surface area contributed by atoms with Crippen LogP contribution in [0.4, 0.5) is 0 Å². The number of hydrogen-bond donors (Lipinski definition) is 1. The summed E-state index contributed by atoms with van der Waals surface area (Å²) in [6.07, 6.45) is 2.64. The van der Waals surface area contributed by atoms with Gasteiger partial charge in [0.1, 0.15) is 5.60 Å². The van der Waals surface area contributed by atoms with E-state index in [-0.39, 0.29) is 29.5 Å². The molecule has 24 heavy (non-hydrogen) atoms. The first-order chi connectivity index (χ1) is 11.0. The molecule has 0 fully saturated rings. The molecule has 0 spiro atoms. The van der Waals surface area contributed by atoms with Crippen LogP contribution in [-0.4, -0.2) is 28.6 Å². The third-order valence-electron chi connectivity index (χ3n) is 4.14. The van der Waals surface area contributed by atoms with E-state index in [0.717, 1.165) is 0 Å². The average Bonchev–Trinajstić information content (AvgIpc) is 2.49. The van der Waals surface area contributed by atoms with Crippen molar-refractivity contribution in [3.8, 4) is 0 Å². The number of aryl methyl sites for hydroxylation is 1. The van der Waals surface area contributed by atoms with Crippen LogP contribution in [0.3, 0.4) is 0 Å². The molecule has 1 heterocycles.